The topological polar surface area (TPSA) is 52.7 Å². The number of imidazole rings is 1. The number of fused-ring (bicyclic) bond motifs is 2. The van der Waals surface area contributed by atoms with Gasteiger partial charge in [-0.05, 0) is 36.4 Å². The van der Waals surface area contributed by atoms with Crippen LogP contribution < -0.4 is 5.56 Å². The van der Waals surface area contributed by atoms with Crippen LogP contribution in [0, 0.1) is 0 Å². The molecular formula is C23H18N4OS. The van der Waals surface area contributed by atoms with Crippen LogP contribution in [-0.4, -0.2) is 19.1 Å². The van der Waals surface area contributed by atoms with Crippen molar-refractivity contribution in [1.29, 1.82) is 0 Å². The molecule has 2 aromatic heterocycles. The molecule has 0 bridgehead atoms. The van der Waals surface area contributed by atoms with Gasteiger partial charge in [0.1, 0.15) is 5.82 Å². The average molecular weight is 398 g/mol. The fraction of sp³-hybridized carbons (Fsp3) is 0.0870. The summed E-state index contributed by atoms with van der Waals surface area (Å²) in [5.74, 6) is 1.24. The highest BCUT2D eigenvalue weighted by molar-refractivity contribution is 7.98. The Morgan fingerprint density at radius 1 is 0.828 bits per heavy atom. The first kappa shape index (κ1) is 17.7. The van der Waals surface area contributed by atoms with Crippen molar-refractivity contribution < 1.29 is 0 Å². The van der Waals surface area contributed by atoms with Crippen LogP contribution in [0.4, 0.5) is 0 Å². The number of thioether (sulfide) groups is 1. The molecule has 0 N–H and O–H groups in total. The Morgan fingerprint density at radius 3 is 2.31 bits per heavy atom. The van der Waals surface area contributed by atoms with Crippen molar-refractivity contribution in [2.45, 2.75) is 10.9 Å². The first-order chi connectivity index (χ1) is 14.2. The minimum atomic E-state index is -0.0533. The van der Waals surface area contributed by atoms with E-state index < -0.39 is 0 Å². The number of aryl methyl sites for hydroxylation is 1. The zero-order valence-corrected chi connectivity index (χ0v) is 16.6. The van der Waals surface area contributed by atoms with E-state index in [1.807, 2.05) is 79.8 Å². The van der Waals surface area contributed by atoms with Crippen molar-refractivity contribution in [3.8, 4) is 5.69 Å². The predicted molar refractivity (Wildman–Crippen MR) is 118 cm³/mol. The largest absolute Gasteiger partial charge is 0.322 e. The van der Waals surface area contributed by atoms with Gasteiger partial charge in [-0.15, -0.1) is 0 Å². The van der Waals surface area contributed by atoms with Gasteiger partial charge in [0.15, 0.2) is 5.16 Å². The quantitative estimate of drug-likeness (QED) is 0.416. The molecule has 5 aromatic rings. The SMILES string of the molecule is Cn1c(SCc2nc3ccccc3c(=O)n2-c2ccccc2)nc2ccccc21. The lowest BCUT2D eigenvalue weighted by Gasteiger charge is -2.13. The number of nitrogens with zero attached hydrogens (tertiary/aromatic N) is 4. The number of para-hydroxylation sites is 4. The van der Waals surface area contributed by atoms with Gasteiger partial charge in [-0.3, -0.25) is 9.36 Å². The fourth-order valence-corrected chi connectivity index (χ4v) is 4.41. The molecule has 0 spiro atoms. The lowest BCUT2D eigenvalue weighted by atomic mass is 10.2. The monoisotopic (exact) mass is 398 g/mol. The molecule has 0 fully saturated rings. The standard InChI is InChI=1S/C23H18N4OS/c1-26-20-14-8-7-13-19(20)25-23(26)29-15-21-24-18-12-6-5-11-17(18)22(28)27(21)16-9-3-2-4-10-16/h2-14H,15H2,1H3. The molecule has 0 amide bonds. The molecule has 142 valence electrons. The summed E-state index contributed by atoms with van der Waals surface area (Å²) in [5, 5.41) is 1.51. The zero-order chi connectivity index (χ0) is 19.8. The Bertz CT molecular complexity index is 1390. The van der Waals surface area contributed by atoms with Crippen molar-refractivity contribution in [3.05, 3.63) is 95.0 Å². The summed E-state index contributed by atoms with van der Waals surface area (Å²) in [6, 6.07) is 25.2. The van der Waals surface area contributed by atoms with Gasteiger partial charge in [0.05, 0.1) is 33.4 Å². The van der Waals surface area contributed by atoms with E-state index in [1.54, 1.807) is 16.3 Å². The number of hydrogen-bond donors (Lipinski definition) is 0. The van der Waals surface area contributed by atoms with Gasteiger partial charge in [-0.1, -0.05) is 54.2 Å². The zero-order valence-electron chi connectivity index (χ0n) is 15.8. The van der Waals surface area contributed by atoms with Crippen LogP contribution in [0.25, 0.3) is 27.6 Å². The Hall–Kier alpha value is -3.38. The molecule has 2 heterocycles. The maximum absolute atomic E-state index is 13.3. The van der Waals surface area contributed by atoms with Crippen LogP contribution in [0.15, 0.2) is 88.8 Å². The minimum Gasteiger partial charge on any atom is -0.322 e. The number of benzene rings is 3. The van der Waals surface area contributed by atoms with Crippen molar-refractivity contribution in [3.63, 3.8) is 0 Å². The molecule has 0 aliphatic heterocycles. The lowest BCUT2D eigenvalue weighted by Crippen LogP contribution is -2.23. The summed E-state index contributed by atoms with van der Waals surface area (Å²) >= 11 is 1.58. The van der Waals surface area contributed by atoms with Gasteiger partial charge >= 0.3 is 0 Å². The fourth-order valence-electron chi connectivity index (χ4n) is 3.50. The molecular weight excluding hydrogens is 380 g/mol. The Kier molecular flexibility index (Phi) is 4.41. The molecule has 5 nitrogen and oxygen atoms in total. The van der Waals surface area contributed by atoms with Gasteiger partial charge in [0.2, 0.25) is 0 Å². The third kappa shape index (κ3) is 3.11. The van der Waals surface area contributed by atoms with Gasteiger partial charge < -0.3 is 4.57 Å². The van der Waals surface area contributed by atoms with Crippen LogP contribution in [0.1, 0.15) is 5.82 Å². The molecule has 0 aliphatic rings. The summed E-state index contributed by atoms with van der Waals surface area (Å²) in [4.78, 5) is 22.8. The van der Waals surface area contributed by atoms with E-state index in [1.165, 1.54) is 0 Å². The van der Waals surface area contributed by atoms with E-state index in [-0.39, 0.29) is 5.56 Å². The van der Waals surface area contributed by atoms with Crippen LogP contribution in [0.3, 0.4) is 0 Å². The molecule has 3 aromatic carbocycles. The van der Waals surface area contributed by atoms with E-state index in [9.17, 15) is 4.79 Å². The Balaban J connectivity index is 1.62. The molecule has 5 rings (SSSR count). The van der Waals surface area contributed by atoms with Gasteiger partial charge in [-0.25, -0.2) is 9.97 Å². The van der Waals surface area contributed by atoms with E-state index in [2.05, 4.69) is 10.6 Å². The molecule has 29 heavy (non-hydrogen) atoms. The van der Waals surface area contributed by atoms with E-state index in [0.29, 0.717) is 22.5 Å². The highest BCUT2D eigenvalue weighted by Crippen LogP contribution is 2.26. The first-order valence-corrected chi connectivity index (χ1v) is 10.3. The lowest BCUT2D eigenvalue weighted by molar-refractivity contribution is 0.811. The summed E-state index contributed by atoms with van der Waals surface area (Å²) in [6.07, 6.45) is 0. The number of aromatic nitrogens is 4. The predicted octanol–water partition coefficient (Wildman–Crippen LogP) is 4.56. The molecule has 0 aliphatic carbocycles. The summed E-state index contributed by atoms with van der Waals surface area (Å²) in [5.41, 5.74) is 3.52. The van der Waals surface area contributed by atoms with Crippen LogP contribution in [0.2, 0.25) is 0 Å². The Labute approximate surface area is 171 Å². The van der Waals surface area contributed by atoms with Crippen molar-refractivity contribution >= 4 is 33.7 Å². The minimum absolute atomic E-state index is 0.0533. The highest BCUT2D eigenvalue weighted by Gasteiger charge is 2.15. The van der Waals surface area contributed by atoms with Crippen LogP contribution in [0.5, 0.6) is 0 Å². The third-order valence-corrected chi connectivity index (χ3v) is 5.96. The normalized spacial score (nSPS) is 11.3. The van der Waals surface area contributed by atoms with Crippen molar-refractivity contribution in [2.75, 3.05) is 0 Å². The number of hydrogen-bond acceptors (Lipinski definition) is 4. The molecule has 0 atom stereocenters. The third-order valence-electron chi connectivity index (χ3n) is 4.94. The summed E-state index contributed by atoms with van der Waals surface area (Å²) in [6.45, 7) is 0. The van der Waals surface area contributed by atoms with Crippen LogP contribution >= 0.6 is 11.8 Å². The van der Waals surface area contributed by atoms with Gasteiger partial charge in [0, 0.05) is 7.05 Å². The van der Waals surface area contributed by atoms with Gasteiger partial charge in [-0.2, -0.15) is 0 Å². The second kappa shape index (κ2) is 7.22. The van der Waals surface area contributed by atoms with E-state index >= 15 is 0 Å². The summed E-state index contributed by atoms with van der Waals surface area (Å²) < 4.78 is 3.78. The van der Waals surface area contributed by atoms with Gasteiger partial charge in [0.25, 0.3) is 5.56 Å². The maximum atomic E-state index is 13.3. The van der Waals surface area contributed by atoms with E-state index in [4.69, 9.17) is 9.97 Å². The second-order valence-electron chi connectivity index (χ2n) is 6.75. The molecule has 0 saturated carbocycles. The average Bonchev–Trinajstić information content (AvgIpc) is 3.09. The van der Waals surface area contributed by atoms with Crippen molar-refractivity contribution in [2.24, 2.45) is 7.05 Å². The molecule has 0 unspecified atom stereocenters. The second-order valence-corrected chi connectivity index (χ2v) is 7.69. The molecule has 0 radical (unpaired) electrons. The molecule has 6 heteroatoms. The smallest absolute Gasteiger partial charge is 0.265 e. The Morgan fingerprint density at radius 2 is 1.52 bits per heavy atom. The number of rotatable bonds is 4. The van der Waals surface area contributed by atoms with Crippen LogP contribution in [-0.2, 0) is 12.8 Å². The molecule has 0 saturated heterocycles. The van der Waals surface area contributed by atoms with Crippen molar-refractivity contribution in [1.82, 2.24) is 19.1 Å². The summed E-state index contributed by atoms with van der Waals surface area (Å²) in [7, 11) is 2.01. The first-order valence-electron chi connectivity index (χ1n) is 9.33. The highest BCUT2D eigenvalue weighted by atomic mass is 32.2. The maximum Gasteiger partial charge on any atom is 0.265 e. The van der Waals surface area contributed by atoms with E-state index in [0.717, 1.165) is 21.9 Å².